The van der Waals surface area contributed by atoms with Crippen LogP contribution in [0.15, 0.2) is 0 Å². The van der Waals surface area contributed by atoms with Gasteiger partial charge in [0, 0.05) is 27.7 Å². The summed E-state index contributed by atoms with van der Waals surface area (Å²) in [5, 5.41) is 14.5. The first-order valence-electron chi connectivity index (χ1n) is 0.697. The molecule has 0 aliphatic rings. The van der Waals surface area contributed by atoms with Crippen molar-refractivity contribution in [2.75, 3.05) is 0 Å². The quantitative estimate of drug-likeness (QED) is 0.595. The van der Waals surface area contributed by atoms with Crippen molar-refractivity contribution in [3.05, 3.63) is 0 Å². The van der Waals surface area contributed by atoms with E-state index in [1.807, 2.05) is 0 Å². The molecule has 28 valence electrons. The van der Waals surface area contributed by atoms with Crippen molar-refractivity contribution < 1.29 is 27.7 Å². The number of rotatable bonds is 0. The number of hydrogen-bond acceptors (Lipinski definition) is 2. The molecule has 0 aromatic carbocycles. The molecule has 0 unspecified atom stereocenters. The molecule has 2 nitrogen and oxygen atoms in total. The zero-order valence-electron chi connectivity index (χ0n) is 3.10. The van der Waals surface area contributed by atoms with Crippen molar-refractivity contribution in [1.82, 2.24) is 0 Å². The molecule has 0 aromatic rings. The third-order valence-electron chi connectivity index (χ3n) is 0.0500. The maximum Gasteiger partial charge on any atom is 0.181 e. The number of nitriles is 2. The molecule has 0 spiro atoms. The fourth-order valence-corrected chi connectivity index (χ4v) is 0. The van der Waals surface area contributed by atoms with Gasteiger partial charge in [0.2, 0.25) is 0 Å². The van der Waals surface area contributed by atoms with Crippen LogP contribution in [0.3, 0.4) is 0 Å². The SMILES string of the molecule is N#CC#N.S.[Hg]. The summed E-state index contributed by atoms with van der Waals surface area (Å²) in [7, 11) is 0. The predicted octanol–water partition coefficient (Wildman–Crippen LogP) is 0.144. The van der Waals surface area contributed by atoms with Gasteiger partial charge in [-0.3, -0.25) is 0 Å². The second kappa shape index (κ2) is 18.7. The van der Waals surface area contributed by atoms with E-state index < -0.39 is 0 Å². The topological polar surface area (TPSA) is 47.6 Å². The van der Waals surface area contributed by atoms with Crippen LogP contribution in [0.2, 0.25) is 0 Å². The molecule has 0 aliphatic carbocycles. The standard InChI is InChI=1S/C2N2.Hg.H2S/c3-1-2-4;;/h;;1H2. The Balaban J connectivity index is -0.0000000450. The second-order valence-electron chi connectivity index (χ2n) is 0.224. The largest absolute Gasteiger partial charge is 0.197 e. The summed E-state index contributed by atoms with van der Waals surface area (Å²) < 4.78 is 0. The summed E-state index contributed by atoms with van der Waals surface area (Å²) in [4.78, 5) is 0. The van der Waals surface area contributed by atoms with Crippen molar-refractivity contribution in [2.45, 2.75) is 0 Å². The van der Waals surface area contributed by atoms with Crippen LogP contribution in [0.5, 0.6) is 0 Å². The Morgan fingerprint density at radius 3 is 1.17 bits per heavy atom. The van der Waals surface area contributed by atoms with Crippen molar-refractivity contribution in [1.29, 1.82) is 10.5 Å². The molecule has 0 aromatic heterocycles. The van der Waals surface area contributed by atoms with E-state index in [0.717, 1.165) is 0 Å². The molecule has 0 amide bonds. The van der Waals surface area contributed by atoms with Gasteiger partial charge in [-0.25, -0.2) is 0 Å². The molecule has 0 saturated carbocycles. The molecule has 0 aliphatic heterocycles. The van der Waals surface area contributed by atoms with Gasteiger partial charge in [-0.05, 0) is 0 Å². The minimum Gasteiger partial charge on any atom is -0.197 e. The monoisotopic (exact) mass is 288 g/mol. The van der Waals surface area contributed by atoms with Crippen LogP contribution < -0.4 is 0 Å². The van der Waals surface area contributed by atoms with Gasteiger partial charge < -0.3 is 0 Å². The Kier molecular flexibility index (Phi) is 50.7. The summed E-state index contributed by atoms with van der Waals surface area (Å²) in [6.07, 6.45) is 0. The van der Waals surface area contributed by atoms with Gasteiger partial charge in [-0.1, -0.05) is 0 Å². The van der Waals surface area contributed by atoms with Crippen LogP contribution in [-0.4, -0.2) is 0 Å². The van der Waals surface area contributed by atoms with Gasteiger partial charge in [0.15, 0.2) is 12.1 Å². The predicted molar refractivity (Wildman–Crippen MR) is 21.6 cm³/mol. The summed E-state index contributed by atoms with van der Waals surface area (Å²) in [5.74, 6) is 0. The van der Waals surface area contributed by atoms with E-state index in [2.05, 4.69) is 0 Å². The molecule has 4 heteroatoms. The van der Waals surface area contributed by atoms with Gasteiger partial charge >= 0.3 is 0 Å². The van der Waals surface area contributed by atoms with Crippen molar-refractivity contribution >= 4 is 13.5 Å². The van der Waals surface area contributed by atoms with Gasteiger partial charge in [0.1, 0.15) is 0 Å². The minimum absolute atomic E-state index is 0. The summed E-state index contributed by atoms with van der Waals surface area (Å²) in [6, 6.07) is 2.47. The van der Waals surface area contributed by atoms with Crippen LogP contribution in [0.25, 0.3) is 0 Å². The molecule has 0 N–H and O–H groups in total. The van der Waals surface area contributed by atoms with E-state index in [9.17, 15) is 0 Å². The van der Waals surface area contributed by atoms with E-state index in [1.165, 1.54) is 12.1 Å². The Bertz CT molecular complexity index is 66.5. The summed E-state index contributed by atoms with van der Waals surface area (Å²) >= 11 is 0. The minimum atomic E-state index is 0. The van der Waals surface area contributed by atoms with Crippen molar-refractivity contribution in [3.63, 3.8) is 0 Å². The third kappa shape index (κ3) is 28.4. The van der Waals surface area contributed by atoms with Crippen LogP contribution in [-0.2, 0) is 27.7 Å². The molecule has 0 fully saturated rings. The van der Waals surface area contributed by atoms with Crippen LogP contribution in [0, 0.1) is 22.7 Å². The first-order valence-corrected chi connectivity index (χ1v) is 0.697. The normalized spacial score (nSPS) is 1.67. The van der Waals surface area contributed by atoms with Crippen LogP contribution in [0.1, 0.15) is 0 Å². The number of hydrogen-bond donors (Lipinski definition) is 0. The molecular weight excluding hydrogens is 285 g/mol. The first kappa shape index (κ1) is 16.3. The molecule has 0 atom stereocenters. The second-order valence-corrected chi connectivity index (χ2v) is 0.224. The van der Waals surface area contributed by atoms with E-state index in [-0.39, 0.29) is 41.2 Å². The third-order valence-corrected chi connectivity index (χ3v) is 0.0500. The zero-order chi connectivity index (χ0) is 3.41. The van der Waals surface area contributed by atoms with Crippen LogP contribution in [0.4, 0.5) is 0 Å². The molecule has 0 heterocycles. The van der Waals surface area contributed by atoms with E-state index in [4.69, 9.17) is 10.5 Å². The van der Waals surface area contributed by atoms with E-state index in [1.54, 1.807) is 0 Å². The van der Waals surface area contributed by atoms with Gasteiger partial charge in [0.05, 0.1) is 0 Å². The molecule has 0 radical (unpaired) electrons. The van der Waals surface area contributed by atoms with Crippen molar-refractivity contribution in [3.8, 4) is 12.1 Å². The summed E-state index contributed by atoms with van der Waals surface area (Å²) in [5.41, 5.74) is 0. The Hall–Kier alpha value is 0.265. The van der Waals surface area contributed by atoms with Crippen LogP contribution >= 0.6 is 13.5 Å². The molecule has 0 bridgehead atoms. The average Bonchev–Trinajstić information content (AvgIpc) is 1.37. The Labute approximate surface area is 63.7 Å². The van der Waals surface area contributed by atoms with E-state index >= 15 is 0 Å². The molecule has 0 rings (SSSR count). The maximum absolute atomic E-state index is 7.26. The molecule has 6 heavy (non-hydrogen) atoms. The first-order chi connectivity index (χ1) is 1.91. The maximum atomic E-state index is 7.26. The molecular formula is C2H2HgN2S. The van der Waals surface area contributed by atoms with Gasteiger partial charge in [-0.15, -0.1) is 0 Å². The number of nitrogens with zero attached hydrogens (tertiary/aromatic N) is 2. The Morgan fingerprint density at radius 2 is 1.17 bits per heavy atom. The van der Waals surface area contributed by atoms with E-state index in [0.29, 0.717) is 0 Å². The smallest absolute Gasteiger partial charge is 0.181 e. The fraction of sp³-hybridized carbons (Fsp3) is 0. The zero-order valence-corrected chi connectivity index (χ0v) is 9.60. The fourth-order valence-electron chi connectivity index (χ4n) is 0. The summed E-state index contributed by atoms with van der Waals surface area (Å²) in [6.45, 7) is 0. The van der Waals surface area contributed by atoms with Crippen molar-refractivity contribution in [2.24, 2.45) is 0 Å². The average molecular weight is 287 g/mol. The van der Waals surface area contributed by atoms with Gasteiger partial charge in [0.25, 0.3) is 0 Å². The Morgan fingerprint density at radius 1 is 1.00 bits per heavy atom. The van der Waals surface area contributed by atoms with Gasteiger partial charge in [-0.2, -0.15) is 24.0 Å². The molecule has 0 saturated heterocycles.